The van der Waals surface area contributed by atoms with Crippen LogP contribution in [0, 0.1) is 0 Å². The van der Waals surface area contributed by atoms with Crippen LogP contribution in [0.3, 0.4) is 0 Å². The minimum Gasteiger partial charge on any atom is -0.389 e. The predicted molar refractivity (Wildman–Crippen MR) is 56.8 cm³/mol. The van der Waals surface area contributed by atoms with Crippen molar-refractivity contribution in [3.63, 3.8) is 0 Å². The smallest absolute Gasteiger partial charge is 0.0929 e. The number of aliphatic hydroxyl groups excluding tert-OH is 1. The molecule has 3 heteroatoms. The lowest BCUT2D eigenvalue weighted by Gasteiger charge is -2.01. The average molecular weight is 197 g/mol. The molecule has 0 saturated carbocycles. The Morgan fingerprint density at radius 1 is 1.77 bits per heavy atom. The topological polar surface area (TPSA) is 33.1 Å². The van der Waals surface area contributed by atoms with Crippen molar-refractivity contribution in [1.29, 1.82) is 0 Å². The molecule has 1 N–H and O–H groups in total. The van der Waals surface area contributed by atoms with E-state index in [1.807, 2.05) is 18.4 Å². The SMILES string of the molecule is CCc1nc(/C=C(/C)C(C)O)cs1. The van der Waals surface area contributed by atoms with E-state index in [9.17, 15) is 5.11 Å². The van der Waals surface area contributed by atoms with Gasteiger partial charge in [-0.2, -0.15) is 0 Å². The van der Waals surface area contributed by atoms with E-state index < -0.39 is 0 Å². The largest absolute Gasteiger partial charge is 0.389 e. The van der Waals surface area contributed by atoms with Gasteiger partial charge < -0.3 is 5.11 Å². The molecule has 0 aliphatic carbocycles. The van der Waals surface area contributed by atoms with Crippen LogP contribution in [0.2, 0.25) is 0 Å². The van der Waals surface area contributed by atoms with E-state index in [4.69, 9.17) is 0 Å². The molecule has 13 heavy (non-hydrogen) atoms. The first-order valence-electron chi connectivity index (χ1n) is 4.44. The third-order valence-corrected chi connectivity index (χ3v) is 2.92. The van der Waals surface area contributed by atoms with E-state index in [-0.39, 0.29) is 6.10 Å². The molecule has 1 rings (SSSR count). The monoisotopic (exact) mass is 197 g/mol. The second-order valence-electron chi connectivity index (χ2n) is 3.08. The van der Waals surface area contributed by atoms with Gasteiger partial charge in [-0.05, 0) is 31.9 Å². The van der Waals surface area contributed by atoms with Crippen molar-refractivity contribution in [1.82, 2.24) is 4.98 Å². The number of aromatic nitrogens is 1. The van der Waals surface area contributed by atoms with E-state index in [2.05, 4.69) is 11.9 Å². The highest BCUT2D eigenvalue weighted by atomic mass is 32.1. The molecule has 1 aromatic rings. The molecule has 0 spiro atoms. The highest BCUT2D eigenvalue weighted by Gasteiger charge is 2.01. The Bertz CT molecular complexity index is 302. The predicted octanol–water partition coefficient (Wildman–Crippen LogP) is 2.49. The summed E-state index contributed by atoms with van der Waals surface area (Å²) in [5.41, 5.74) is 1.91. The Hall–Kier alpha value is -0.670. The molecule has 1 atom stereocenters. The number of aliphatic hydroxyl groups is 1. The Labute approximate surface area is 83.0 Å². The molecule has 1 heterocycles. The molecule has 0 aromatic carbocycles. The summed E-state index contributed by atoms with van der Waals surface area (Å²) in [5, 5.41) is 12.4. The molecule has 1 unspecified atom stereocenters. The molecular formula is C10H15NOS. The Morgan fingerprint density at radius 3 is 2.92 bits per heavy atom. The summed E-state index contributed by atoms with van der Waals surface area (Å²) in [5.74, 6) is 0. The standard InChI is InChI=1S/C10H15NOS/c1-4-10-11-9(6-13-10)5-7(2)8(3)12/h5-6,8,12H,4H2,1-3H3/b7-5-. The molecule has 0 aliphatic heterocycles. The fraction of sp³-hybridized carbons (Fsp3) is 0.500. The molecular weight excluding hydrogens is 182 g/mol. The Kier molecular flexibility index (Phi) is 3.63. The van der Waals surface area contributed by atoms with Gasteiger partial charge in [-0.3, -0.25) is 0 Å². The summed E-state index contributed by atoms with van der Waals surface area (Å²) in [6.45, 7) is 5.77. The van der Waals surface area contributed by atoms with E-state index in [0.29, 0.717) is 0 Å². The lowest BCUT2D eigenvalue weighted by Crippen LogP contribution is -2.00. The fourth-order valence-electron chi connectivity index (χ4n) is 0.908. The maximum Gasteiger partial charge on any atom is 0.0929 e. The van der Waals surface area contributed by atoms with Gasteiger partial charge in [-0.15, -0.1) is 11.3 Å². The highest BCUT2D eigenvalue weighted by molar-refractivity contribution is 7.09. The van der Waals surface area contributed by atoms with Crippen LogP contribution in [-0.4, -0.2) is 16.2 Å². The summed E-state index contributed by atoms with van der Waals surface area (Å²) in [6.07, 6.45) is 2.53. The summed E-state index contributed by atoms with van der Waals surface area (Å²) >= 11 is 1.67. The number of nitrogens with zero attached hydrogens (tertiary/aromatic N) is 1. The first kappa shape index (κ1) is 10.4. The zero-order chi connectivity index (χ0) is 9.84. The molecule has 0 amide bonds. The summed E-state index contributed by atoms with van der Waals surface area (Å²) < 4.78 is 0. The maximum absolute atomic E-state index is 9.25. The van der Waals surface area contributed by atoms with Crippen LogP contribution < -0.4 is 0 Å². The van der Waals surface area contributed by atoms with Gasteiger partial charge in [0, 0.05) is 5.38 Å². The lowest BCUT2D eigenvalue weighted by molar-refractivity contribution is 0.232. The molecule has 1 aromatic heterocycles. The maximum atomic E-state index is 9.25. The second kappa shape index (κ2) is 4.53. The Morgan fingerprint density at radius 2 is 2.46 bits per heavy atom. The number of thiazole rings is 1. The third-order valence-electron chi connectivity index (χ3n) is 1.91. The van der Waals surface area contributed by atoms with Crippen molar-refractivity contribution in [2.24, 2.45) is 0 Å². The molecule has 0 radical (unpaired) electrons. The van der Waals surface area contributed by atoms with Gasteiger partial charge >= 0.3 is 0 Å². The van der Waals surface area contributed by atoms with Crippen LogP contribution in [-0.2, 0) is 6.42 Å². The van der Waals surface area contributed by atoms with Crippen molar-refractivity contribution >= 4 is 17.4 Å². The minimum absolute atomic E-state index is 0.383. The zero-order valence-corrected chi connectivity index (χ0v) is 9.06. The zero-order valence-electron chi connectivity index (χ0n) is 8.24. The van der Waals surface area contributed by atoms with Crippen molar-refractivity contribution < 1.29 is 5.11 Å². The summed E-state index contributed by atoms with van der Waals surface area (Å²) in [7, 11) is 0. The van der Waals surface area contributed by atoms with E-state index in [1.54, 1.807) is 18.3 Å². The quantitative estimate of drug-likeness (QED) is 0.807. The minimum atomic E-state index is -0.383. The first-order valence-corrected chi connectivity index (χ1v) is 5.32. The van der Waals surface area contributed by atoms with Crippen LogP contribution in [0.25, 0.3) is 6.08 Å². The Balaban J connectivity index is 2.79. The van der Waals surface area contributed by atoms with E-state index >= 15 is 0 Å². The third kappa shape index (κ3) is 2.94. The van der Waals surface area contributed by atoms with Gasteiger partial charge in [0.15, 0.2) is 0 Å². The van der Waals surface area contributed by atoms with Crippen molar-refractivity contribution in [3.8, 4) is 0 Å². The van der Waals surface area contributed by atoms with Crippen LogP contribution in [0.5, 0.6) is 0 Å². The average Bonchev–Trinajstić information content (AvgIpc) is 2.52. The second-order valence-corrected chi connectivity index (χ2v) is 4.03. The molecule has 0 bridgehead atoms. The van der Waals surface area contributed by atoms with Gasteiger partial charge in [0.2, 0.25) is 0 Å². The van der Waals surface area contributed by atoms with E-state index in [1.165, 1.54) is 0 Å². The number of aryl methyl sites for hydroxylation is 1. The molecule has 72 valence electrons. The molecule has 0 saturated heterocycles. The van der Waals surface area contributed by atoms with Gasteiger partial charge in [-0.25, -0.2) is 4.98 Å². The first-order chi connectivity index (χ1) is 6.13. The normalized spacial score (nSPS) is 14.6. The van der Waals surface area contributed by atoms with Gasteiger partial charge in [-0.1, -0.05) is 6.92 Å². The molecule has 2 nitrogen and oxygen atoms in total. The highest BCUT2D eigenvalue weighted by Crippen LogP contribution is 2.14. The van der Waals surface area contributed by atoms with Crippen molar-refractivity contribution in [3.05, 3.63) is 21.7 Å². The number of rotatable bonds is 3. The lowest BCUT2D eigenvalue weighted by atomic mass is 10.2. The molecule has 0 aliphatic rings. The van der Waals surface area contributed by atoms with Gasteiger partial charge in [0.1, 0.15) is 0 Å². The summed E-state index contributed by atoms with van der Waals surface area (Å²) in [6, 6.07) is 0. The van der Waals surface area contributed by atoms with Crippen LogP contribution in [0.4, 0.5) is 0 Å². The van der Waals surface area contributed by atoms with Gasteiger partial charge in [0.25, 0.3) is 0 Å². The van der Waals surface area contributed by atoms with E-state index in [0.717, 1.165) is 22.7 Å². The van der Waals surface area contributed by atoms with Crippen molar-refractivity contribution in [2.45, 2.75) is 33.3 Å². The van der Waals surface area contributed by atoms with Crippen LogP contribution in [0.15, 0.2) is 11.0 Å². The van der Waals surface area contributed by atoms with Crippen LogP contribution in [0.1, 0.15) is 31.5 Å². The molecule has 0 fully saturated rings. The van der Waals surface area contributed by atoms with Gasteiger partial charge in [0.05, 0.1) is 16.8 Å². The number of hydrogen-bond donors (Lipinski definition) is 1. The number of hydrogen-bond acceptors (Lipinski definition) is 3. The van der Waals surface area contributed by atoms with Crippen LogP contribution >= 0.6 is 11.3 Å². The van der Waals surface area contributed by atoms with Crippen molar-refractivity contribution in [2.75, 3.05) is 0 Å². The fourth-order valence-corrected chi connectivity index (χ4v) is 1.61. The summed E-state index contributed by atoms with van der Waals surface area (Å²) in [4.78, 5) is 4.38.